The van der Waals surface area contributed by atoms with Crippen LogP contribution in [0.15, 0.2) is 60.7 Å². The van der Waals surface area contributed by atoms with Gasteiger partial charge in [-0.25, -0.2) is 0 Å². The molecule has 0 aliphatic heterocycles. The highest BCUT2D eigenvalue weighted by Crippen LogP contribution is 2.50. The Morgan fingerprint density at radius 3 is 1.60 bits per heavy atom. The molecule has 104 valence electrons. The van der Waals surface area contributed by atoms with Gasteiger partial charge in [-0.2, -0.15) is 0 Å². The van der Waals surface area contributed by atoms with Crippen LogP contribution in [0.4, 0.5) is 0 Å². The van der Waals surface area contributed by atoms with Gasteiger partial charge in [0.05, 0.1) is 0 Å². The molecule has 0 saturated carbocycles. The first kappa shape index (κ1) is 15.3. The minimum Gasteiger partial charge on any atom is -0.286 e. The Hall–Kier alpha value is -1.11. The Balaban J connectivity index is 2.34. The first-order chi connectivity index (χ1) is 9.48. The van der Waals surface area contributed by atoms with Gasteiger partial charge in [-0.1, -0.05) is 92.8 Å². The third kappa shape index (κ3) is 3.94. The van der Waals surface area contributed by atoms with E-state index in [4.69, 9.17) is 0 Å². The molecule has 1 nitrogen and oxygen atoms in total. The van der Waals surface area contributed by atoms with Gasteiger partial charge in [-0.15, -0.1) is 0 Å². The average molecular weight is 302 g/mol. The van der Waals surface area contributed by atoms with Crippen LogP contribution < -0.4 is 10.6 Å². The number of hydrogen-bond acceptors (Lipinski definition) is 2. The van der Waals surface area contributed by atoms with Crippen molar-refractivity contribution >= 4 is 34.2 Å². The lowest BCUT2D eigenvalue weighted by atomic mass is 10.00. The van der Waals surface area contributed by atoms with Gasteiger partial charge in [0.1, 0.15) is 0 Å². The molecule has 0 heterocycles. The van der Waals surface area contributed by atoms with Crippen LogP contribution in [-0.2, 0) is 4.79 Å². The lowest BCUT2D eigenvalue weighted by Gasteiger charge is -2.22. The van der Waals surface area contributed by atoms with Crippen LogP contribution in [0.25, 0.3) is 0 Å². The zero-order valence-electron chi connectivity index (χ0n) is 12.0. The van der Waals surface area contributed by atoms with E-state index in [2.05, 4.69) is 24.3 Å². The molecule has 0 radical (unpaired) electrons. The molecule has 0 amide bonds. The van der Waals surface area contributed by atoms with Crippen molar-refractivity contribution < 1.29 is 4.79 Å². The lowest BCUT2D eigenvalue weighted by Crippen LogP contribution is -2.19. The fourth-order valence-corrected chi connectivity index (χ4v) is 6.12. The molecule has 0 aliphatic carbocycles. The first-order valence-corrected chi connectivity index (χ1v) is 9.37. The normalized spacial score (nSPS) is 11.6. The molecule has 2 rings (SSSR count). The van der Waals surface area contributed by atoms with Crippen molar-refractivity contribution in [3.8, 4) is 0 Å². The molecule has 0 bridgehead atoms. The molecule has 0 atom stereocenters. The molecule has 0 fully saturated rings. The minimum absolute atomic E-state index is 0.247. The molecule has 0 spiro atoms. The highest BCUT2D eigenvalue weighted by Gasteiger charge is 2.27. The molecule has 0 aliphatic rings. The number of hydrogen-bond donors (Lipinski definition) is 0. The van der Waals surface area contributed by atoms with E-state index in [1.54, 1.807) is 0 Å². The van der Waals surface area contributed by atoms with Crippen LogP contribution in [0.1, 0.15) is 20.8 Å². The van der Waals surface area contributed by atoms with E-state index in [1.165, 1.54) is 22.0 Å². The number of rotatable bonds is 3. The van der Waals surface area contributed by atoms with Crippen LogP contribution in [-0.4, -0.2) is 5.12 Å². The van der Waals surface area contributed by atoms with Crippen molar-refractivity contribution in [3.63, 3.8) is 0 Å². The summed E-state index contributed by atoms with van der Waals surface area (Å²) in [7, 11) is -0.687. The van der Waals surface area contributed by atoms with Crippen molar-refractivity contribution in [3.05, 3.63) is 60.7 Å². The van der Waals surface area contributed by atoms with Crippen LogP contribution in [0.5, 0.6) is 0 Å². The van der Waals surface area contributed by atoms with Crippen molar-refractivity contribution in [2.75, 3.05) is 0 Å². The SMILES string of the molecule is CC(C)(C)C(=O)SP(c1ccccc1)c1ccccc1. The summed E-state index contributed by atoms with van der Waals surface area (Å²) in [6, 6.07) is 20.6. The number of carbonyl (C=O) groups is 1. The zero-order chi connectivity index (χ0) is 14.6. The Morgan fingerprint density at radius 1 is 0.850 bits per heavy atom. The van der Waals surface area contributed by atoms with Crippen molar-refractivity contribution in [1.82, 2.24) is 0 Å². The van der Waals surface area contributed by atoms with Crippen molar-refractivity contribution in [2.45, 2.75) is 20.8 Å². The van der Waals surface area contributed by atoms with E-state index in [1.807, 2.05) is 57.2 Å². The molecular formula is C17H19OPS. The van der Waals surface area contributed by atoms with Gasteiger partial charge >= 0.3 is 0 Å². The van der Waals surface area contributed by atoms with Crippen molar-refractivity contribution in [1.29, 1.82) is 0 Å². The molecule has 0 saturated heterocycles. The molecule has 3 heteroatoms. The Kier molecular flexibility index (Phi) is 5.01. The molecule has 0 N–H and O–H groups in total. The van der Waals surface area contributed by atoms with E-state index in [9.17, 15) is 4.79 Å². The zero-order valence-corrected chi connectivity index (χ0v) is 13.7. The van der Waals surface area contributed by atoms with E-state index >= 15 is 0 Å². The summed E-state index contributed by atoms with van der Waals surface area (Å²) in [5.41, 5.74) is -0.311. The summed E-state index contributed by atoms with van der Waals surface area (Å²) in [5, 5.41) is 2.71. The highest BCUT2D eigenvalue weighted by atomic mass is 32.7. The second kappa shape index (κ2) is 6.56. The van der Waals surface area contributed by atoms with Crippen LogP contribution in [0.2, 0.25) is 0 Å². The topological polar surface area (TPSA) is 17.1 Å². The van der Waals surface area contributed by atoms with Crippen LogP contribution in [0.3, 0.4) is 0 Å². The van der Waals surface area contributed by atoms with Gasteiger partial charge in [-0.05, 0) is 10.6 Å². The average Bonchev–Trinajstić information content (AvgIpc) is 2.45. The molecule has 2 aromatic carbocycles. The summed E-state index contributed by atoms with van der Waals surface area (Å²) in [6.07, 6.45) is 0. The monoisotopic (exact) mass is 302 g/mol. The largest absolute Gasteiger partial charge is 0.286 e. The third-order valence-corrected chi connectivity index (χ3v) is 7.57. The fraction of sp³-hybridized carbons (Fsp3) is 0.235. The minimum atomic E-state index is -0.687. The first-order valence-electron chi connectivity index (χ1n) is 6.61. The molecule has 2 aromatic rings. The second-order valence-electron chi connectivity index (χ2n) is 5.59. The highest BCUT2D eigenvalue weighted by molar-refractivity contribution is 8.66. The van der Waals surface area contributed by atoms with Gasteiger partial charge in [0.25, 0.3) is 0 Å². The van der Waals surface area contributed by atoms with E-state index in [0.717, 1.165) is 0 Å². The molecular weight excluding hydrogens is 283 g/mol. The second-order valence-corrected chi connectivity index (χ2v) is 9.41. The van der Waals surface area contributed by atoms with E-state index < -0.39 is 7.12 Å². The predicted octanol–water partition coefficient (Wildman–Crippen LogP) is 4.34. The summed E-state index contributed by atoms with van der Waals surface area (Å²) < 4.78 is 0. The lowest BCUT2D eigenvalue weighted by molar-refractivity contribution is -0.117. The van der Waals surface area contributed by atoms with Crippen LogP contribution >= 0.6 is 18.5 Å². The third-order valence-electron chi connectivity index (χ3n) is 2.77. The standard InChI is InChI=1S/C17H19OPS/c1-17(2,3)16(18)20-19(14-10-6-4-7-11-14)15-12-8-5-9-13-15/h4-13H,1-3H3. The van der Waals surface area contributed by atoms with Gasteiger partial charge in [0.15, 0.2) is 5.12 Å². The maximum atomic E-state index is 12.4. The summed E-state index contributed by atoms with van der Waals surface area (Å²) in [4.78, 5) is 12.4. The fourth-order valence-electron chi connectivity index (χ4n) is 1.60. The summed E-state index contributed by atoms with van der Waals surface area (Å²) in [6.45, 7) is 5.93. The quantitative estimate of drug-likeness (QED) is 0.785. The number of benzene rings is 2. The Bertz CT molecular complexity index is 521. The molecule has 0 aromatic heterocycles. The van der Waals surface area contributed by atoms with Gasteiger partial charge < -0.3 is 0 Å². The predicted molar refractivity (Wildman–Crippen MR) is 91.1 cm³/mol. The van der Waals surface area contributed by atoms with Gasteiger partial charge in [0, 0.05) is 12.5 Å². The van der Waals surface area contributed by atoms with Crippen LogP contribution in [0, 0.1) is 5.41 Å². The summed E-state index contributed by atoms with van der Waals surface area (Å²) >= 11 is 1.48. The van der Waals surface area contributed by atoms with Crippen molar-refractivity contribution in [2.24, 2.45) is 5.41 Å². The molecule has 0 unspecified atom stereocenters. The number of carbonyl (C=O) groups excluding carboxylic acids is 1. The smallest absolute Gasteiger partial charge is 0.199 e. The molecule has 20 heavy (non-hydrogen) atoms. The van der Waals surface area contributed by atoms with E-state index in [0.29, 0.717) is 0 Å². The van der Waals surface area contributed by atoms with Gasteiger partial charge in [-0.3, -0.25) is 4.79 Å². The van der Waals surface area contributed by atoms with Gasteiger partial charge in [0.2, 0.25) is 0 Å². The maximum absolute atomic E-state index is 12.4. The van der Waals surface area contributed by atoms with E-state index in [-0.39, 0.29) is 10.5 Å². The Morgan fingerprint density at radius 2 is 1.25 bits per heavy atom. The maximum Gasteiger partial charge on any atom is 0.199 e. The summed E-state index contributed by atoms with van der Waals surface area (Å²) in [5.74, 6) is 0. The Labute approximate surface area is 126 Å².